The smallest absolute Gasteiger partial charge is 0.154 e. The Balaban J connectivity index is 2.36. The minimum atomic E-state index is -3.08. The van der Waals surface area contributed by atoms with Gasteiger partial charge in [-0.2, -0.15) is 0 Å². The van der Waals surface area contributed by atoms with Crippen molar-refractivity contribution >= 4 is 20.6 Å². The molecule has 0 spiro atoms. The van der Waals surface area contributed by atoms with Crippen LogP contribution in [0.2, 0.25) is 0 Å². The second-order valence-electron chi connectivity index (χ2n) is 3.48. The number of hydrogen-bond acceptors (Lipinski definition) is 5. The molecule has 7 heteroatoms. The van der Waals surface area contributed by atoms with Crippen molar-refractivity contribution in [1.29, 1.82) is 0 Å². The summed E-state index contributed by atoms with van der Waals surface area (Å²) in [5.41, 5.74) is 0. The Labute approximate surface area is 86.3 Å². The predicted octanol–water partition coefficient (Wildman–Crippen LogP) is -1.89. The number of rotatable bonds is 4. The summed E-state index contributed by atoms with van der Waals surface area (Å²) in [6.07, 6.45) is 0.758. The van der Waals surface area contributed by atoms with E-state index in [-0.39, 0.29) is 11.5 Å². The number of sulfone groups is 1. The van der Waals surface area contributed by atoms with Crippen LogP contribution in [-0.4, -0.2) is 59.9 Å². The Kier molecular flexibility index (Phi) is 4.05. The Morgan fingerprint density at radius 2 is 2.14 bits per heavy atom. The minimum Gasteiger partial charge on any atom is -0.390 e. The topological polar surface area (TPSA) is 83.5 Å². The van der Waals surface area contributed by atoms with Crippen LogP contribution in [-0.2, 0) is 20.6 Å². The molecule has 1 saturated heterocycles. The van der Waals surface area contributed by atoms with Crippen molar-refractivity contribution in [3.63, 3.8) is 0 Å². The molecule has 2 N–H and O–H groups in total. The number of nitrogens with one attached hydrogen (secondary N) is 1. The number of hydrogen-bond donors (Lipinski definition) is 2. The molecule has 3 atom stereocenters. The lowest BCUT2D eigenvalue weighted by atomic mass is 10.2. The first kappa shape index (κ1) is 12.1. The molecule has 0 radical (unpaired) electrons. The quantitative estimate of drug-likeness (QED) is 0.601. The summed E-state index contributed by atoms with van der Waals surface area (Å²) in [5.74, 6) is 0.285. The van der Waals surface area contributed by atoms with Gasteiger partial charge in [0.2, 0.25) is 0 Å². The molecule has 0 aromatic rings. The van der Waals surface area contributed by atoms with E-state index >= 15 is 0 Å². The maximum Gasteiger partial charge on any atom is 0.154 e. The van der Waals surface area contributed by atoms with Crippen molar-refractivity contribution in [1.82, 2.24) is 5.32 Å². The zero-order chi connectivity index (χ0) is 10.8. The van der Waals surface area contributed by atoms with Crippen LogP contribution < -0.4 is 5.32 Å². The van der Waals surface area contributed by atoms with Crippen molar-refractivity contribution in [2.24, 2.45) is 0 Å². The highest BCUT2D eigenvalue weighted by atomic mass is 32.2. The SMILES string of the molecule is CS(=O)CCNC1CS(=O)(=O)CC1O. The van der Waals surface area contributed by atoms with Crippen molar-refractivity contribution in [2.45, 2.75) is 12.1 Å². The van der Waals surface area contributed by atoms with Crippen LogP contribution in [0, 0.1) is 0 Å². The highest BCUT2D eigenvalue weighted by Crippen LogP contribution is 2.11. The first-order valence-electron chi connectivity index (χ1n) is 4.32. The standard InChI is InChI=1S/C7H15NO4S2/c1-13(10)3-2-8-6-4-14(11,12)5-7(6)9/h6-9H,2-5H2,1H3. The third kappa shape index (κ3) is 3.64. The summed E-state index contributed by atoms with van der Waals surface area (Å²) >= 11 is 0. The summed E-state index contributed by atoms with van der Waals surface area (Å²) in [7, 11) is -3.97. The van der Waals surface area contributed by atoms with E-state index in [2.05, 4.69) is 5.32 Å². The van der Waals surface area contributed by atoms with Crippen molar-refractivity contribution in [3.05, 3.63) is 0 Å². The molecule has 3 unspecified atom stereocenters. The van der Waals surface area contributed by atoms with E-state index in [1.807, 2.05) is 0 Å². The minimum absolute atomic E-state index is 0.0233. The maximum atomic E-state index is 11.1. The van der Waals surface area contributed by atoms with Gasteiger partial charge in [-0.3, -0.25) is 4.21 Å². The molecule has 0 amide bonds. The van der Waals surface area contributed by atoms with Gasteiger partial charge < -0.3 is 10.4 Å². The van der Waals surface area contributed by atoms with E-state index in [1.54, 1.807) is 6.26 Å². The fourth-order valence-corrected chi connectivity index (χ4v) is 3.59. The van der Waals surface area contributed by atoms with Gasteiger partial charge in [-0.1, -0.05) is 0 Å². The zero-order valence-electron chi connectivity index (χ0n) is 7.97. The van der Waals surface area contributed by atoms with E-state index in [9.17, 15) is 17.7 Å². The predicted molar refractivity (Wildman–Crippen MR) is 55.4 cm³/mol. The van der Waals surface area contributed by atoms with Crippen LogP contribution in [0.15, 0.2) is 0 Å². The molecule has 0 bridgehead atoms. The van der Waals surface area contributed by atoms with Gasteiger partial charge in [0, 0.05) is 35.4 Å². The van der Waals surface area contributed by atoms with E-state index in [1.165, 1.54) is 0 Å². The van der Waals surface area contributed by atoms with Gasteiger partial charge in [0.15, 0.2) is 9.84 Å². The number of aliphatic hydroxyl groups is 1. The van der Waals surface area contributed by atoms with Crippen LogP contribution in [0.1, 0.15) is 0 Å². The largest absolute Gasteiger partial charge is 0.390 e. The Morgan fingerprint density at radius 3 is 2.57 bits per heavy atom. The van der Waals surface area contributed by atoms with Gasteiger partial charge in [0.1, 0.15) is 0 Å². The monoisotopic (exact) mass is 241 g/mol. The zero-order valence-corrected chi connectivity index (χ0v) is 9.60. The summed E-state index contributed by atoms with van der Waals surface area (Å²) in [5, 5.41) is 12.3. The van der Waals surface area contributed by atoms with Gasteiger partial charge >= 0.3 is 0 Å². The summed E-state index contributed by atoms with van der Waals surface area (Å²) in [6.45, 7) is 0.473. The molecule has 1 rings (SSSR count). The molecule has 0 aliphatic carbocycles. The fraction of sp³-hybridized carbons (Fsp3) is 1.00. The van der Waals surface area contributed by atoms with E-state index in [4.69, 9.17) is 0 Å². The van der Waals surface area contributed by atoms with Crippen LogP contribution >= 0.6 is 0 Å². The molecule has 5 nitrogen and oxygen atoms in total. The van der Waals surface area contributed by atoms with Crippen LogP contribution in [0.4, 0.5) is 0 Å². The van der Waals surface area contributed by atoms with E-state index in [0.717, 1.165) is 0 Å². The lowest BCUT2D eigenvalue weighted by Gasteiger charge is -2.13. The van der Waals surface area contributed by atoms with Gasteiger partial charge in [-0.05, 0) is 0 Å². The van der Waals surface area contributed by atoms with Crippen molar-refractivity contribution in [2.75, 3.05) is 30.1 Å². The molecule has 1 heterocycles. The van der Waals surface area contributed by atoms with Gasteiger partial charge in [0.25, 0.3) is 0 Å². The fourth-order valence-electron chi connectivity index (χ4n) is 1.41. The lowest BCUT2D eigenvalue weighted by molar-refractivity contribution is 0.167. The summed E-state index contributed by atoms with van der Waals surface area (Å²) in [6, 6.07) is -0.399. The molecule has 0 aromatic heterocycles. The first-order chi connectivity index (χ1) is 6.41. The third-order valence-corrected chi connectivity index (χ3v) is 4.61. The first-order valence-corrected chi connectivity index (χ1v) is 7.87. The van der Waals surface area contributed by atoms with Gasteiger partial charge in [-0.15, -0.1) is 0 Å². The van der Waals surface area contributed by atoms with Crippen molar-refractivity contribution in [3.8, 4) is 0 Å². The van der Waals surface area contributed by atoms with Crippen LogP contribution in [0.25, 0.3) is 0 Å². The normalized spacial score (nSPS) is 33.0. The Hall–Kier alpha value is 0.0200. The molecule has 14 heavy (non-hydrogen) atoms. The highest BCUT2D eigenvalue weighted by molar-refractivity contribution is 7.91. The van der Waals surface area contributed by atoms with Crippen LogP contribution in [0.3, 0.4) is 0 Å². The molecular weight excluding hydrogens is 226 g/mol. The van der Waals surface area contributed by atoms with Crippen molar-refractivity contribution < 1.29 is 17.7 Å². The van der Waals surface area contributed by atoms with Crippen LogP contribution in [0.5, 0.6) is 0 Å². The second kappa shape index (κ2) is 4.69. The van der Waals surface area contributed by atoms with E-state index in [0.29, 0.717) is 12.3 Å². The van der Waals surface area contributed by atoms with E-state index < -0.39 is 32.8 Å². The second-order valence-corrected chi connectivity index (χ2v) is 7.19. The molecule has 0 saturated carbocycles. The average Bonchev–Trinajstić information content (AvgIpc) is 2.24. The molecular formula is C7H15NO4S2. The summed E-state index contributed by atoms with van der Waals surface area (Å²) in [4.78, 5) is 0. The third-order valence-electron chi connectivity index (χ3n) is 2.12. The molecule has 1 aliphatic rings. The number of aliphatic hydroxyl groups excluding tert-OH is 1. The Morgan fingerprint density at radius 1 is 1.50 bits per heavy atom. The lowest BCUT2D eigenvalue weighted by Crippen LogP contribution is -2.40. The molecule has 1 fully saturated rings. The molecule has 0 aromatic carbocycles. The summed E-state index contributed by atoms with van der Waals surface area (Å²) < 4.78 is 32.9. The van der Waals surface area contributed by atoms with Gasteiger partial charge in [0.05, 0.1) is 17.6 Å². The average molecular weight is 241 g/mol. The maximum absolute atomic E-state index is 11.1. The Bertz CT molecular complexity index is 314. The highest BCUT2D eigenvalue weighted by Gasteiger charge is 2.35. The molecule has 1 aliphatic heterocycles. The van der Waals surface area contributed by atoms with Gasteiger partial charge in [-0.25, -0.2) is 8.42 Å². The molecule has 84 valence electrons.